The smallest absolute Gasteiger partial charge is 0.413 e. The van der Waals surface area contributed by atoms with Crippen molar-refractivity contribution in [1.82, 2.24) is 4.90 Å². The van der Waals surface area contributed by atoms with Gasteiger partial charge in [0.2, 0.25) is 0 Å². The van der Waals surface area contributed by atoms with Crippen molar-refractivity contribution in [3.63, 3.8) is 0 Å². The van der Waals surface area contributed by atoms with Gasteiger partial charge in [0.15, 0.2) is 6.23 Å². The van der Waals surface area contributed by atoms with Crippen molar-refractivity contribution < 1.29 is 38.0 Å². The van der Waals surface area contributed by atoms with Gasteiger partial charge >= 0.3 is 12.1 Å². The molecule has 2 fully saturated rings. The van der Waals surface area contributed by atoms with Crippen molar-refractivity contribution in [1.29, 1.82) is 0 Å². The summed E-state index contributed by atoms with van der Waals surface area (Å²) >= 11 is 0. The summed E-state index contributed by atoms with van der Waals surface area (Å²) in [7, 11) is 0. The Balaban J connectivity index is 1.26. The van der Waals surface area contributed by atoms with Crippen molar-refractivity contribution in [2.75, 3.05) is 6.61 Å². The molecule has 9 heteroatoms. The number of rotatable bonds is 14. The van der Waals surface area contributed by atoms with Crippen LogP contribution in [0.3, 0.4) is 0 Å². The molecule has 0 unspecified atom stereocenters. The SMILES string of the molecule is CC(C)(C)[C@@H]1OC(=O)[C@H](C[C@@H]2O[C@H](COCc3ccccc3)[C@H](OCc3ccccc3)[C@H]2OCc2ccccc2)N1C(=O)OCc1ccccc1. The Bertz CT molecular complexity index is 1670. The summed E-state index contributed by atoms with van der Waals surface area (Å²) in [5, 5.41) is 0. The van der Waals surface area contributed by atoms with Crippen molar-refractivity contribution in [3.05, 3.63) is 144 Å². The fraction of sp³-hybridized carbons (Fsp3) is 0.381. The molecule has 0 aliphatic carbocycles. The maximum Gasteiger partial charge on any atom is 0.413 e. The van der Waals surface area contributed by atoms with Crippen molar-refractivity contribution in [2.45, 2.75) is 90.3 Å². The first-order valence-corrected chi connectivity index (χ1v) is 17.5. The third-order valence-corrected chi connectivity index (χ3v) is 9.07. The van der Waals surface area contributed by atoms with Crippen LogP contribution in [0.4, 0.5) is 4.79 Å². The lowest BCUT2D eigenvalue weighted by molar-refractivity contribution is -0.147. The second kappa shape index (κ2) is 17.1. The molecule has 2 heterocycles. The number of carbonyl (C=O) groups is 2. The summed E-state index contributed by atoms with van der Waals surface area (Å²) < 4.78 is 37.9. The van der Waals surface area contributed by atoms with Crippen LogP contribution in [0.2, 0.25) is 0 Å². The van der Waals surface area contributed by atoms with E-state index in [4.69, 9.17) is 28.4 Å². The van der Waals surface area contributed by atoms with Crippen LogP contribution in [0, 0.1) is 5.41 Å². The van der Waals surface area contributed by atoms with Gasteiger partial charge in [-0.2, -0.15) is 0 Å². The zero-order valence-corrected chi connectivity index (χ0v) is 29.5. The lowest BCUT2D eigenvalue weighted by atomic mass is 9.92. The maximum atomic E-state index is 13.8. The van der Waals surface area contributed by atoms with Gasteiger partial charge < -0.3 is 28.4 Å². The van der Waals surface area contributed by atoms with E-state index in [1.807, 2.05) is 142 Å². The second-order valence-corrected chi connectivity index (χ2v) is 14.1. The number of ether oxygens (including phenoxy) is 6. The van der Waals surface area contributed by atoms with E-state index in [9.17, 15) is 9.59 Å². The first-order chi connectivity index (χ1) is 24.8. The number of cyclic esters (lactones) is 1. The molecular formula is C42H47NO8. The summed E-state index contributed by atoms with van der Waals surface area (Å²) in [4.78, 5) is 28.9. The normalized spacial score (nSPS) is 23.3. The molecule has 51 heavy (non-hydrogen) atoms. The summed E-state index contributed by atoms with van der Waals surface area (Å²) in [6, 6.07) is 38.2. The molecule has 2 aliphatic heterocycles. The van der Waals surface area contributed by atoms with Gasteiger partial charge in [-0.05, 0) is 22.3 Å². The molecule has 6 rings (SSSR count). The number of nitrogens with zero attached hydrogens (tertiary/aromatic N) is 1. The van der Waals surface area contributed by atoms with E-state index >= 15 is 0 Å². The minimum absolute atomic E-state index is 0.0624. The van der Waals surface area contributed by atoms with Gasteiger partial charge in [-0.3, -0.25) is 4.90 Å². The summed E-state index contributed by atoms with van der Waals surface area (Å²) in [5.41, 5.74) is 3.29. The van der Waals surface area contributed by atoms with E-state index in [2.05, 4.69) is 0 Å². The zero-order valence-electron chi connectivity index (χ0n) is 29.5. The van der Waals surface area contributed by atoms with Crippen LogP contribution in [0.5, 0.6) is 0 Å². The van der Waals surface area contributed by atoms with E-state index in [1.165, 1.54) is 4.90 Å². The molecule has 4 aromatic carbocycles. The Hall–Kier alpha value is -4.54. The van der Waals surface area contributed by atoms with Crippen LogP contribution in [0.1, 0.15) is 49.4 Å². The minimum atomic E-state index is -0.968. The average molecular weight is 694 g/mol. The van der Waals surface area contributed by atoms with E-state index in [-0.39, 0.29) is 19.6 Å². The van der Waals surface area contributed by atoms with Gasteiger partial charge in [-0.25, -0.2) is 9.59 Å². The standard InChI is InChI=1S/C42H47NO8/c1-42(2,3)40-43(41(45)49-28-33-22-14-7-15-23-33)34(39(44)51-40)24-35-37(47-26-31-18-10-5-11-19-31)38(48-27-32-20-12-6-13-21-32)36(50-35)29-46-25-30-16-8-4-9-17-30/h4-23,34-38,40H,24-29H2,1-3H3/t34-,35-,36+,37-,38-,40-/m0/s1. The summed E-state index contributed by atoms with van der Waals surface area (Å²) in [6.07, 6.45) is -3.64. The van der Waals surface area contributed by atoms with E-state index in [1.54, 1.807) is 0 Å². The van der Waals surface area contributed by atoms with E-state index < -0.39 is 54.2 Å². The van der Waals surface area contributed by atoms with Crippen LogP contribution in [0.25, 0.3) is 0 Å². The van der Waals surface area contributed by atoms with Gasteiger partial charge in [0.1, 0.15) is 31.0 Å². The molecule has 0 N–H and O–H groups in total. The quantitative estimate of drug-likeness (QED) is 0.126. The fourth-order valence-electron chi connectivity index (χ4n) is 6.49. The van der Waals surface area contributed by atoms with Crippen molar-refractivity contribution in [3.8, 4) is 0 Å². The van der Waals surface area contributed by atoms with Crippen LogP contribution in [0.15, 0.2) is 121 Å². The Morgan fingerprint density at radius 3 is 1.59 bits per heavy atom. The number of benzene rings is 4. The molecule has 9 nitrogen and oxygen atoms in total. The molecule has 1 amide bonds. The van der Waals surface area contributed by atoms with Crippen LogP contribution in [-0.4, -0.2) is 60.3 Å². The Morgan fingerprint density at radius 1 is 0.647 bits per heavy atom. The summed E-state index contributed by atoms with van der Waals surface area (Å²) in [6.45, 7) is 7.11. The molecule has 0 spiro atoms. The van der Waals surface area contributed by atoms with Crippen molar-refractivity contribution in [2.24, 2.45) is 5.41 Å². The highest BCUT2D eigenvalue weighted by atomic mass is 16.6. The highest BCUT2D eigenvalue weighted by molar-refractivity contribution is 5.84. The Morgan fingerprint density at radius 2 is 1.10 bits per heavy atom. The van der Waals surface area contributed by atoms with Gasteiger partial charge in [-0.15, -0.1) is 0 Å². The number of hydrogen-bond acceptors (Lipinski definition) is 8. The maximum absolute atomic E-state index is 13.8. The molecule has 0 radical (unpaired) electrons. The molecule has 6 atom stereocenters. The molecule has 2 saturated heterocycles. The molecule has 4 aromatic rings. The third-order valence-electron chi connectivity index (χ3n) is 9.07. The molecule has 268 valence electrons. The topological polar surface area (TPSA) is 92.8 Å². The van der Waals surface area contributed by atoms with Gasteiger partial charge in [0.25, 0.3) is 0 Å². The largest absolute Gasteiger partial charge is 0.444 e. The van der Waals surface area contributed by atoms with Gasteiger partial charge in [0.05, 0.1) is 32.5 Å². The van der Waals surface area contributed by atoms with Gasteiger partial charge in [0, 0.05) is 11.8 Å². The minimum Gasteiger partial charge on any atom is -0.444 e. The van der Waals surface area contributed by atoms with Crippen LogP contribution in [-0.2, 0) is 59.6 Å². The first kappa shape index (κ1) is 36.3. The number of carbonyl (C=O) groups excluding carboxylic acids is 2. The molecular weight excluding hydrogens is 646 g/mol. The molecule has 2 aliphatic rings. The number of hydrogen-bond donors (Lipinski definition) is 0. The lowest BCUT2D eigenvalue weighted by Gasteiger charge is -2.34. The predicted molar refractivity (Wildman–Crippen MR) is 191 cm³/mol. The van der Waals surface area contributed by atoms with Crippen LogP contribution >= 0.6 is 0 Å². The average Bonchev–Trinajstić information content (AvgIpc) is 3.66. The second-order valence-electron chi connectivity index (χ2n) is 14.1. The monoisotopic (exact) mass is 693 g/mol. The summed E-state index contributed by atoms with van der Waals surface area (Å²) in [5.74, 6) is -0.512. The molecule has 0 bridgehead atoms. The lowest BCUT2D eigenvalue weighted by Crippen LogP contribution is -2.50. The highest BCUT2D eigenvalue weighted by Crippen LogP contribution is 2.38. The van der Waals surface area contributed by atoms with Gasteiger partial charge in [-0.1, -0.05) is 142 Å². The van der Waals surface area contributed by atoms with Crippen molar-refractivity contribution >= 4 is 12.1 Å². The first-order valence-electron chi connectivity index (χ1n) is 17.5. The number of amides is 1. The fourth-order valence-corrected chi connectivity index (χ4v) is 6.49. The Kier molecular flexibility index (Phi) is 12.2. The predicted octanol–water partition coefficient (Wildman–Crippen LogP) is 7.47. The third kappa shape index (κ3) is 9.62. The molecule has 0 aromatic heterocycles. The highest BCUT2D eigenvalue weighted by Gasteiger charge is 2.55. The van der Waals surface area contributed by atoms with Crippen LogP contribution < -0.4 is 0 Å². The Labute approximate surface area is 300 Å². The van der Waals surface area contributed by atoms with E-state index in [0.717, 1.165) is 22.3 Å². The molecule has 0 saturated carbocycles. The van der Waals surface area contributed by atoms with E-state index in [0.29, 0.717) is 19.8 Å². The zero-order chi connectivity index (χ0) is 35.6. The number of esters is 1.